The highest BCUT2D eigenvalue weighted by Crippen LogP contribution is 2.38. The predicted octanol–water partition coefficient (Wildman–Crippen LogP) is 0.323. The molecule has 24 heavy (non-hydrogen) atoms. The Morgan fingerprint density at radius 1 is 1.38 bits per heavy atom. The number of benzene rings is 1. The van der Waals surface area contributed by atoms with Crippen LogP contribution in [0.4, 0.5) is 0 Å². The lowest BCUT2D eigenvalue weighted by atomic mass is 9.98. The number of aliphatic hydroxyl groups is 2. The van der Waals surface area contributed by atoms with E-state index >= 15 is 0 Å². The number of carbonyl (C=O) groups excluding carboxylic acids is 1. The number of thioether (sulfide) groups is 1. The first-order valence-corrected chi connectivity index (χ1v) is 8.51. The second kappa shape index (κ2) is 7.10. The van der Waals surface area contributed by atoms with Crippen LogP contribution in [-0.2, 0) is 9.47 Å². The number of fused-ring (bicyclic) bond motifs is 1. The second-order valence-corrected chi connectivity index (χ2v) is 6.93. The lowest BCUT2D eigenvalue weighted by Gasteiger charge is -2.39. The van der Waals surface area contributed by atoms with Crippen molar-refractivity contribution in [1.82, 2.24) is 4.90 Å². The highest BCUT2D eigenvalue weighted by Gasteiger charge is 2.50. The summed E-state index contributed by atoms with van der Waals surface area (Å²) in [4.78, 5) is 18.5. The van der Waals surface area contributed by atoms with E-state index in [1.54, 1.807) is 30.3 Å². The molecule has 5 atom stereocenters. The molecule has 2 heterocycles. The van der Waals surface area contributed by atoms with Crippen LogP contribution < -0.4 is 0 Å². The average Bonchev–Trinajstić information content (AvgIpc) is 3.02. The number of hydrogen-bond donors (Lipinski definition) is 2. The number of ether oxygens (including phenoxy) is 2. The van der Waals surface area contributed by atoms with E-state index in [9.17, 15) is 15.0 Å². The van der Waals surface area contributed by atoms with Crippen LogP contribution in [0.1, 0.15) is 10.4 Å². The van der Waals surface area contributed by atoms with Crippen molar-refractivity contribution in [3.8, 4) is 0 Å². The van der Waals surface area contributed by atoms with Gasteiger partial charge in [-0.25, -0.2) is 4.79 Å². The maximum absolute atomic E-state index is 12.3. The molecule has 0 bridgehead atoms. The number of aliphatic hydroxyl groups excluding tert-OH is 2. The standard InChI is InChI=1S/C16H20N2O5S/c1-18(2)16-17-11-12(20)13(10(8-19)22-15(11)24-16)23-14(21)9-6-4-3-5-7-9/h3-7,10-13,15,19-20H,8H2,1-2H3/t10?,11-,12?,13?,15?/m1/s1. The molecule has 1 fully saturated rings. The van der Waals surface area contributed by atoms with Crippen molar-refractivity contribution in [3.05, 3.63) is 35.9 Å². The lowest BCUT2D eigenvalue weighted by molar-refractivity contribution is -0.166. The largest absolute Gasteiger partial charge is 0.453 e. The molecule has 0 aromatic heterocycles. The van der Waals surface area contributed by atoms with Gasteiger partial charge in [-0.15, -0.1) is 0 Å². The molecule has 0 amide bonds. The molecule has 1 saturated heterocycles. The average molecular weight is 352 g/mol. The summed E-state index contributed by atoms with van der Waals surface area (Å²) < 4.78 is 11.2. The summed E-state index contributed by atoms with van der Waals surface area (Å²) in [5.74, 6) is -0.567. The van der Waals surface area contributed by atoms with Gasteiger partial charge in [-0.05, 0) is 12.1 Å². The van der Waals surface area contributed by atoms with Crippen LogP contribution in [0.3, 0.4) is 0 Å². The number of aliphatic imine (C=N–C) groups is 1. The molecule has 0 saturated carbocycles. The van der Waals surface area contributed by atoms with Gasteiger partial charge in [0.15, 0.2) is 11.3 Å². The van der Waals surface area contributed by atoms with E-state index in [-0.39, 0.29) is 6.61 Å². The number of amidine groups is 1. The quantitative estimate of drug-likeness (QED) is 0.757. The van der Waals surface area contributed by atoms with Gasteiger partial charge in [0.2, 0.25) is 0 Å². The van der Waals surface area contributed by atoms with Crippen LogP contribution in [0.2, 0.25) is 0 Å². The van der Waals surface area contributed by atoms with E-state index in [1.807, 2.05) is 19.0 Å². The van der Waals surface area contributed by atoms with Crippen molar-refractivity contribution < 1.29 is 24.5 Å². The van der Waals surface area contributed by atoms with Crippen molar-refractivity contribution in [2.24, 2.45) is 4.99 Å². The second-order valence-electron chi connectivity index (χ2n) is 5.87. The van der Waals surface area contributed by atoms with Crippen molar-refractivity contribution in [2.75, 3.05) is 20.7 Å². The Hall–Kier alpha value is -1.61. The van der Waals surface area contributed by atoms with Gasteiger partial charge in [0.1, 0.15) is 23.7 Å². The summed E-state index contributed by atoms with van der Waals surface area (Å²) in [6.45, 7) is -0.356. The third-order valence-electron chi connectivity index (χ3n) is 3.94. The first kappa shape index (κ1) is 17.2. The number of esters is 1. The molecule has 3 rings (SSSR count). The Bertz CT molecular complexity index is 624. The van der Waals surface area contributed by atoms with Crippen LogP contribution in [-0.4, -0.2) is 76.7 Å². The Kier molecular flexibility index (Phi) is 5.09. The molecule has 1 aromatic rings. The summed E-state index contributed by atoms with van der Waals surface area (Å²) in [5.41, 5.74) is -0.0250. The first-order chi connectivity index (χ1) is 11.5. The van der Waals surface area contributed by atoms with Crippen LogP contribution in [0, 0.1) is 0 Å². The molecule has 4 unspecified atom stereocenters. The van der Waals surface area contributed by atoms with Crippen LogP contribution in [0.15, 0.2) is 35.3 Å². The van der Waals surface area contributed by atoms with Gasteiger partial charge in [-0.2, -0.15) is 0 Å². The maximum Gasteiger partial charge on any atom is 0.338 e. The Morgan fingerprint density at radius 2 is 2.08 bits per heavy atom. The molecule has 130 valence electrons. The Balaban J connectivity index is 1.77. The maximum atomic E-state index is 12.3. The van der Waals surface area contributed by atoms with E-state index < -0.39 is 35.8 Å². The van der Waals surface area contributed by atoms with Crippen LogP contribution in [0.5, 0.6) is 0 Å². The van der Waals surface area contributed by atoms with Crippen molar-refractivity contribution in [1.29, 1.82) is 0 Å². The number of hydrogen-bond acceptors (Lipinski definition) is 8. The molecule has 2 aliphatic heterocycles. The first-order valence-electron chi connectivity index (χ1n) is 7.63. The third kappa shape index (κ3) is 3.27. The minimum Gasteiger partial charge on any atom is -0.453 e. The van der Waals surface area contributed by atoms with Crippen molar-refractivity contribution in [2.45, 2.75) is 29.8 Å². The molecule has 0 spiro atoms. The fourth-order valence-corrected chi connectivity index (χ4v) is 3.84. The normalized spacial score (nSPS) is 32.0. The highest BCUT2D eigenvalue weighted by atomic mass is 32.2. The molecular weight excluding hydrogens is 332 g/mol. The molecular formula is C16H20N2O5S. The summed E-state index contributed by atoms with van der Waals surface area (Å²) in [6, 6.07) is 7.97. The summed E-state index contributed by atoms with van der Waals surface area (Å²) in [5, 5.41) is 20.9. The van der Waals surface area contributed by atoms with Crippen LogP contribution in [0.25, 0.3) is 0 Å². The minimum absolute atomic E-state index is 0.356. The van der Waals surface area contributed by atoms with Crippen molar-refractivity contribution >= 4 is 22.9 Å². The van der Waals surface area contributed by atoms with Gasteiger partial charge in [0.05, 0.1) is 12.2 Å². The molecule has 8 heteroatoms. The van der Waals surface area contributed by atoms with Gasteiger partial charge >= 0.3 is 5.97 Å². The van der Waals surface area contributed by atoms with Gasteiger partial charge in [-0.3, -0.25) is 4.99 Å². The fourth-order valence-electron chi connectivity index (χ4n) is 2.68. The Morgan fingerprint density at radius 3 is 2.71 bits per heavy atom. The third-order valence-corrected chi connectivity index (χ3v) is 5.24. The number of carbonyl (C=O) groups is 1. The molecule has 2 N–H and O–H groups in total. The van der Waals surface area contributed by atoms with Gasteiger partial charge in [0, 0.05) is 14.1 Å². The summed E-state index contributed by atoms with van der Waals surface area (Å²) in [7, 11) is 3.71. The van der Waals surface area contributed by atoms with E-state index in [0.29, 0.717) is 5.56 Å². The van der Waals surface area contributed by atoms with Crippen LogP contribution >= 0.6 is 11.8 Å². The zero-order valence-electron chi connectivity index (χ0n) is 13.4. The van der Waals surface area contributed by atoms with E-state index in [2.05, 4.69) is 4.99 Å². The van der Waals surface area contributed by atoms with Gasteiger partial charge in [-0.1, -0.05) is 30.0 Å². The monoisotopic (exact) mass is 352 g/mol. The SMILES string of the molecule is CN(C)C1=N[C@H]2C(OC(CO)C(OC(=O)c3ccccc3)C2O)S1. The number of nitrogens with zero attached hydrogens (tertiary/aromatic N) is 2. The fraction of sp³-hybridized carbons (Fsp3) is 0.500. The lowest BCUT2D eigenvalue weighted by Crippen LogP contribution is -2.57. The molecule has 0 radical (unpaired) electrons. The molecule has 0 aliphatic carbocycles. The van der Waals surface area contributed by atoms with E-state index in [4.69, 9.17) is 9.47 Å². The van der Waals surface area contributed by atoms with Crippen molar-refractivity contribution in [3.63, 3.8) is 0 Å². The zero-order chi connectivity index (χ0) is 17.3. The Labute approximate surface area is 144 Å². The summed E-state index contributed by atoms with van der Waals surface area (Å²) in [6.07, 6.45) is -2.81. The van der Waals surface area contributed by atoms with E-state index in [1.165, 1.54) is 11.8 Å². The predicted molar refractivity (Wildman–Crippen MR) is 89.9 cm³/mol. The topological polar surface area (TPSA) is 91.6 Å². The molecule has 2 aliphatic rings. The smallest absolute Gasteiger partial charge is 0.338 e. The van der Waals surface area contributed by atoms with E-state index in [0.717, 1.165) is 5.17 Å². The number of rotatable bonds is 3. The highest BCUT2D eigenvalue weighted by molar-refractivity contribution is 8.14. The molecule has 7 nitrogen and oxygen atoms in total. The minimum atomic E-state index is -1.04. The summed E-state index contributed by atoms with van der Waals surface area (Å²) >= 11 is 1.38. The zero-order valence-corrected chi connectivity index (χ0v) is 14.2. The van der Waals surface area contributed by atoms with Gasteiger partial charge in [0.25, 0.3) is 0 Å². The van der Waals surface area contributed by atoms with Gasteiger partial charge < -0.3 is 24.6 Å². The molecule has 1 aromatic carbocycles.